The van der Waals surface area contributed by atoms with Gasteiger partial charge in [0.15, 0.2) is 0 Å². The molecular formula is C11H13NO5. The molecule has 0 bridgehead atoms. The summed E-state index contributed by atoms with van der Waals surface area (Å²) in [5, 5.41) is 19.2. The number of nitro groups is 1. The van der Waals surface area contributed by atoms with Crippen molar-refractivity contribution in [2.24, 2.45) is 0 Å². The summed E-state index contributed by atoms with van der Waals surface area (Å²) < 4.78 is 4.96. The molecule has 0 aliphatic heterocycles. The Hall–Kier alpha value is -1.95. The molecule has 0 saturated heterocycles. The number of hydrogen-bond donors (Lipinski definition) is 1. The number of esters is 1. The minimum Gasteiger partial charge on any atom is -0.456 e. The van der Waals surface area contributed by atoms with Crippen LogP contribution in [0.15, 0.2) is 24.3 Å². The van der Waals surface area contributed by atoms with Crippen molar-refractivity contribution >= 4 is 11.7 Å². The monoisotopic (exact) mass is 239 g/mol. The van der Waals surface area contributed by atoms with Crippen molar-refractivity contribution in [2.45, 2.75) is 19.4 Å². The fourth-order valence-corrected chi connectivity index (χ4v) is 1.42. The highest BCUT2D eigenvalue weighted by molar-refractivity contribution is 5.70. The fourth-order valence-electron chi connectivity index (χ4n) is 1.42. The Morgan fingerprint density at radius 3 is 2.82 bits per heavy atom. The second kappa shape index (κ2) is 5.95. The second-order valence-electron chi connectivity index (χ2n) is 3.40. The lowest BCUT2D eigenvalue weighted by Gasteiger charge is -2.15. The average molecular weight is 239 g/mol. The highest BCUT2D eigenvalue weighted by Crippen LogP contribution is 2.24. The molecule has 0 aromatic heterocycles. The van der Waals surface area contributed by atoms with Gasteiger partial charge in [0.05, 0.1) is 4.92 Å². The van der Waals surface area contributed by atoms with Crippen LogP contribution in [-0.2, 0) is 9.53 Å². The fraction of sp³-hybridized carbons (Fsp3) is 0.364. The summed E-state index contributed by atoms with van der Waals surface area (Å²) in [6, 6.07) is 5.90. The molecule has 17 heavy (non-hydrogen) atoms. The largest absolute Gasteiger partial charge is 0.456 e. The number of carbonyl (C=O) groups excluding carboxylic acids is 1. The number of aliphatic hydroxyl groups excluding tert-OH is 1. The molecule has 1 rings (SSSR count). The van der Waals surface area contributed by atoms with Gasteiger partial charge in [0.2, 0.25) is 0 Å². The highest BCUT2D eigenvalue weighted by Gasteiger charge is 2.16. The van der Waals surface area contributed by atoms with E-state index in [0.29, 0.717) is 12.0 Å². The minimum absolute atomic E-state index is 0.0546. The van der Waals surface area contributed by atoms with E-state index in [9.17, 15) is 14.9 Å². The first-order valence-corrected chi connectivity index (χ1v) is 5.13. The van der Waals surface area contributed by atoms with E-state index in [1.165, 1.54) is 18.2 Å². The van der Waals surface area contributed by atoms with Crippen LogP contribution in [0.4, 0.5) is 5.69 Å². The van der Waals surface area contributed by atoms with Crippen molar-refractivity contribution in [1.82, 2.24) is 0 Å². The summed E-state index contributed by atoms with van der Waals surface area (Å²) >= 11 is 0. The van der Waals surface area contributed by atoms with E-state index in [1.807, 2.05) is 0 Å². The van der Waals surface area contributed by atoms with Gasteiger partial charge in [-0.3, -0.25) is 10.1 Å². The molecule has 0 heterocycles. The molecule has 6 heteroatoms. The van der Waals surface area contributed by atoms with Gasteiger partial charge < -0.3 is 9.84 Å². The van der Waals surface area contributed by atoms with Gasteiger partial charge >= 0.3 is 5.97 Å². The van der Waals surface area contributed by atoms with E-state index in [4.69, 9.17) is 9.84 Å². The molecule has 0 fully saturated rings. The molecule has 1 N–H and O–H groups in total. The van der Waals surface area contributed by atoms with Crippen LogP contribution in [0.1, 0.15) is 25.0 Å². The lowest BCUT2D eigenvalue weighted by Crippen LogP contribution is -2.14. The van der Waals surface area contributed by atoms with Crippen LogP contribution in [0.2, 0.25) is 0 Å². The summed E-state index contributed by atoms with van der Waals surface area (Å²) in [6.45, 7) is 1.08. The van der Waals surface area contributed by atoms with E-state index in [0.717, 1.165) is 0 Å². The maximum absolute atomic E-state index is 11.0. The normalized spacial score (nSPS) is 11.9. The van der Waals surface area contributed by atoms with Crippen LogP contribution in [-0.4, -0.2) is 22.6 Å². The highest BCUT2D eigenvalue weighted by atomic mass is 16.6. The predicted octanol–water partition coefficient (Wildman–Crippen LogP) is 1.58. The Morgan fingerprint density at radius 2 is 2.29 bits per heavy atom. The Balaban J connectivity index is 2.91. The molecular weight excluding hydrogens is 226 g/mol. The quantitative estimate of drug-likeness (QED) is 0.478. The number of ether oxygens (including phenoxy) is 1. The summed E-state index contributed by atoms with van der Waals surface area (Å²) in [5.41, 5.74) is 0.490. The molecule has 92 valence electrons. The van der Waals surface area contributed by atoms with Crippen LogP contribution in [0.25, 0.3) is 0 Å². The molecule has 0 spiro atoms. The lowest BCUT2D eigenvalue weighted by molar-refractivity contribution is -0.385. The second-order valence-corrected chi connectivity index (χ2v) is 3.40. The average Bonchev–Trinajstić information content (AvgIpc) is 2.35. The zero-order valence-electron chi connectivity index (χ0n) is 9.33. The predicted molar refractivity (Wildman–Crippen MR) is 59.3 cm³/mol. The molecule has 0 radical (unpaired) electrons. The Labute approximate surface area is 98.0 Å². The number of benzene rings is 1. The smallest absolute Gasteiger partial charge is 0.332 e. The van der Waals surface area contributed by atoms with Crippen molar-refractivity contribution in [1.29, 1.82) is 0 Å². The molecule has 6 nitrogen and oxygen atoms in total. The SMILES string of the molecule is CC[C@@H](OC(=O)CO)c1cccc([N+](=O)[O-])c1. The molecule has 0 saturated carbocycles. The van der Waals surface area contributed by atoms with Gasteiger partial charge in [-0.2, -0.15) is 0 Å². The van der Waals surface area contributed by atoms with E-state index in [1.54, 1.807) is 13.0 Å². The van der Waals surface area contributed by atoms with Gasteiger partial charge in [-0.25, -0.2) is 4.79 Å². The van der Waals surface area contributed by atoms with Crippen LogP contribution >= 0.6 is 0 Å². The van der Waals surface area contributed by atoms with Gasteiger partial charge in [0.1, 0.15) is 12.7 Å². The summed E-state index contributed by atoms with van der Waals surface area (Å²) in [4.78, 5) is 21.1. The minimum atomic E-state index is -0.747. The van der Waals surface area contributed by atoms with E-state index < -0.39 is 23.6 Å². The molecule has 0 aliphatic rings. The van der Waals surface area contributed by atoms with Crippen LogP contribution in [0.3, 0.4) is 0 Å². The third-order valence-corrected chi connectivity index (χ3v) is 2.23. The number of non-ortho nitro benzene ring substituents is 1. The summed E-state index contributed by atoms with van der Waals surface area (Å²) in [6.07, 6.45) is -0.0954. The molecule has 0 unspecified atom stereocenters. The number of carbonyl (C=O) groups is 1. The Morgan fingerprint density at radius 1 is 1.59 bits per heavy atom. The lowest BCUT2D eigenvalue weighted by atomic mass is 10.1. The third-order valence-electron chi connectivity index (χ3n) is 2.23. The molecule has 1 aromatic rings. The van der Waals surface area contributed by atoms with E-state index >= 15 is 0 Å². The zero-order chi connectivity index (χ0) is 12.8. The van der Waals surface area contributed by atoms with Gasteiger partial charge in [0, 0.05) is 12.1 Å². The van der Waals surface area contributed by atoms with E-state index in [-0.39, 0.29) is 5.69 Å². The van der Waals surface area contributed by atoms with Crippen molar-refractivity contribution in [3.8, 4) is 0 Å². The number of hydrogen-bond acceptors (Lipinski definition) is 5. The van der Waals surface area contributed by atoms with Crippen LogP contribution in [0.5, 0.6) is 0 Å². The summed E-state index contributed by atoms with van der Waals surface area (Å²) in [7, 11) is 0. The topological polar surface area (TPSA) is 89.7 Å². The summed E-state index contributed by atoms with van der Waals surface area (Å²) in [5.74, 6) is -0.747. The maximum Gasteiger partial charge on any atom is 0.332 e. The molecule has 0 amide bonds. The van der Waals surface area contributed by atoms with Crippen molar-refractivity contribution < 1.29 is 19.6 Å². The Kier molecular flexibility index (Phi) is 4.59. The van der Waals surface area contributed by atoms with Gasteiger partial charge in [-0.1, -0.05) is 19.1 Å². The third kappa shape index (κ3) is 3.53. The molecule has 1 atom stereocenters. The van der Waals surface area contributed by atoms with Crippen molar-refractivity contribution in [2.75, 3.05) is 6.61 Å². The maximum atomic E-state index is 11.0. The first kappa shape index (κ1) is 13.1. The van der Waals surface area contributed by atoms with Gasteiger partial charge in [-0.05, 0) is 12.0 Å². The first-order chi connectivity index (χ1) is 8.08. The number of aliphatic hydroxyl groups is 1. The standard InChI is InChI=1S/C11H13NO5/c1-2-10(17-11(14)7-13)8-4-3-5-9(6-8)12(15)16/h3-6,10,13H,2,7H2,1H3/t10-/m1/s1. The number of nitrogens with zero attached hydrogens (tertiary/aromatic N) is 1. The zero-order valence-corrected chi connectivity index (χ0v) is 9.33. The van der Waals surface area contributed by atoms with E-state index in [2.05, 4.69) is 0 Å². The van der Waals surface area contributed by atoms with Crippen molar-refractivity contribution in [3.63, 3.8) is 0 Å². The van der Waals surface area contributed by atoms with Crippen molar-refractivity contribution in [3.05, 3.63) is 39.9 Å². The van der Waals surface area contributed by atoms with Crippen LogP contribution < -0.4 is 0 Å². The Bertz CT molecular complexity index is 418. The van der Waals surface area contributed by atoms with Gasteiger partial charge in [-0.15, -0.1) is 0 Å². The van der Waals surface area contributed by atoms with Crippen LogP contribution in [0, 0.1) is 10.1 Å². The van der Waals surface area contributed by atoms with Gasteiger partial charge in [0.25, 0.3) is 5.69 Å². The molecule has 1 aromatic carbocycles. The molecule has 0 aliphatic carbocycles. The number of nitro benzene ring substituents is 1. The first-order valence-electron chi connectivity index (χ1n) is 5.13. The number of rotatable bonds is 5.